The van der Waals surface area contributed by atoms with Crippen LogP contribution in [0.4, 0.5) is 0 Å². The van der Waals surface area contributed by atoms with Gasteiger partial charge < -0.3 is 37.6 Å². The van der Waals surface area contributed by atoms with E-state index in [1.165, 1.54) is 0 Å². The van der Waals surface area contributed by atoms with E-state index in [0.717, 1.165) is 0 Å². The van der Waals surface area contributed by atoms with Gasteiger partial charge in [0.05, 0.1) is 18.9 Å². The zero-order valence-electron chi connectivity index (χ0n) is 14.0. The summed E-state index contributed by atoms with van der Waals surface area (Å²) >= 11 is 3.80. The van der Waals surface area contributed by atoms with Crippen LogP contribution in [0.25, 0.3) is 0 Å². The van der Waals surface area contributed by atoms with Crippen LogP contribution < -0.4 is 27.4 Å². The first-order chi connectivity index (χ1) is 12.5. The second-order valence-electron chi connectivity index (χ2n) is 5.29. The minimum absolute atomic E-state index is 0.0743. The third-order valence-electron chi connectivity index (χ3n) is 3.00. The number of nitrogens with one attached hydrogen (secondary N) is 3. The molecular formula is C13H21N5O8S. The molecule has 14 heteroatoms. The van der Waals surface area contributed by atoms with E-state index in [9.17, 15) is 28.8 Å². The lowest BCUT2D eigenvalue weighted by Gasteiger charge is -2.22. The average molecular weight is 407 g/mol. The lowest BCUT2D eigenvalue weighted by atomic mass is 10.1. The number of aliphatic carboxylic acids is 2. The normalized spacial score (nSPS) is 13.6. The lowest BCUT2D eigenvalue weighted by Crippen LogP contribution is -2.57. The van der Waals surface area contributed by atoms with Gasteiger partial charge in [0.25, 0.3) is 0 Å². The highest BCUT2D eigenvalue weighted by Gasteiger charge is 2.30. The van der Waals surface area contributed by atoms with Gasteiger partial charge in [-0.1, -0.05) is 0 Å². The molecule has 4 amide bonds. The van der Waals surface area contributed by atoms with Gasteiger partial charge in [-0.3, -0.25) is 28.8 Å². The fourth-order valence-electron chi connectivity index (χ4n) is 1.71. The SMILES string of the molecule is NC(=O)CC(NC(=O)C(CC(=O)O)NC(=O)C(N)CS)C(=O)NCC(=O)O. The van der Waals surface area contributed by atoms with Crippen molar-refractivity contribution in [3.05, 3.63) is 0 Å². The van der Waals surface area contributed by atoms with E-state index < -0.39 is 73.1 Å². The van der Waals surface area contributed by atoms with Crippen molar-refractivity contribution < 1.29 is 39.0 Å². The molecule has 0 aromatic carbocycles. The van der Waals surface area contributed by atoms with E-state index in [1.54, 1.807) is 0 Å². The standard InChI is InChI=1S/C13H21N5O8S/c14-5(4-27)11(24)17-7(2-9(20)21)13(26)18-6(1-8(15)19)12(25)16-3-10(22)23/h5-7,27H,1-4,14H2,(H2,15,19)(H,16,25)(H,17,24)(H,18,26)(H,20,21)(H,22,23). The van der Waals surface area contributed by atoms with Gasteiger partial charge in [0.1, 0.15) is 18.6 Å². The van der Waals surface area contributed by atoms with Crippen LogP contribution >= 0.6 is 12.6 Å². The molecule has 0 saturated carbocycles. The Hall–Kier alpha value is -2.87. The van der Waals surface area contributed by atoms with E-state index in [2.05, 4.69) is 23.3 Å². The van der Waals surface area contributed by atoms with Crippen molar-refractivity contribution in [2.24, 2.45) is 11.5 Å². The van der Waals surface area contributed by atoms with Crippen molar-refractivity contribution in [3.8, 4) is 0 Å². The molecule has 0 radical (unpaired) electrons. The van der Waals surface area contributed by atoms with Gasteiger partial charge in [-0.25, -0.2) is 0 Å². The van der Waals surface area contributed by atoms with Gasteiger partial charge in [-0.15, -0.1) is 0 Å². The van der Waals surface area contributed by atoms with E-state index in [1.807, 2.05) is 5.32 Å². The summed E-state index contributed by atoms with van der Waals surface area (Å²) in [4.78, 5) is 68.4. The summed E-state index contributed by atoms with van der Waals surface area (Å²) in [5.41, 5.74) is 10.4. The quantitative estimate of drug-likeness (QED) is 0.146. The summed E-state index contributed by atoms with van der Waals surface area (Å²) in [7, 11) is 0. The summed E-state index contributed by atoms with van der Waals surface area (Å²) in [5, 5.41) is 23.5. The first-order valence-electron chi connectivity index (χ1n) is 7.44. The third-order valence-corrected chi connectivity index (χ3v) is 3.39. The molecule has 0 bridgehead atoms. The number of hydrogen-bond acceptors (Lipinski definition) is 8. The molecule has 0 saturated heterocycles. The number of carboxylic acid groups (broad SMARTS) is 2. The predicted molar refractivity (Wildman–Crippen MR) is 92.4 cm³/mol. The molecule has 0 spiro atoms. The van der Waals surface area contributed by atoms with Crippen molar-refractivity contribution >= 4 is 48.2 Å². The Kier molecular flexibility index (Phi) is 10.4. The molecule has 3 atom stereocenters. The van der Waals surface area contributed by atoms with Gasteiger partial charge in [0.15, 0.2) is 0 Å². The molecule has 3 unspecified atom stereocenters. The Morgan fingerprint density at radius 2 is 1.37 bits per heavy atom. The van der Waals surface area contributed by atoms with Crippen LogP contribution in [-0.2, 0) is 28.8 Å². The van der Waals surface area contributed by atoms with E-state index in [-0.39, 0.29) is 5.75 Å². The number of nitrogens with two attached hydrogens (primary N) is 2. The Balaban J connectivity index is 5.24. The molecule has 9 N–H and O–H groups in total. The number of thiol groups is 1. The molecule has 0 aliphatic rings. The zero-order chi connectivity index (χ0) is 21.1. The highest BCUT2D eigenvalue weighted by molar-refractivity contribution is 7.80. The van der Waals surface area contributed by atoms with Crippen LogP contribution in [0.5, 0.6) is 0 Å². The molecule has 0 rings (SSSR count). The van der Waals surface area contributed by atoms with Gasteiger partial charge in [0.2, 0.25) is 23.6 Å². The third kappa shape index (κ3) is 10.0. The first-order valence-corrected chi connectivity index (χ1v) is 8.07. The highest BCUT2D eigenvalue weighted by atomic mass is 32.1. The number of rotatable bonds is 12. The van der Waals surface area contributed by atoms with Crippen LogP contribution in [-0.4, -0.2) is 76.2 Å². The first kappa shape index (κ1) is 24.1. The molecule has 0 aliphatic carbocycles. The highest BCUT2D eigenvalue weighted by Crippen LogP contribution is 1.99. The second-order valence-corrected chi connectivity index (χ2v) is 5.66. The molecule has 27 heavy (non-hydrogen) atoms. The number of primary amides is 1. The Labute approximate surface area is 158 Å². The van der Waals surface area contributed by atoms with Gasteiger partial charge in [-0.05, 0) is 0 Å². The van der Waals surface area contributed by atoms with Crippen molar-refractivity contribution in [2.45, 2.75) is 31.0 Å². The van der Waals surface area contributed by atoms with Crippen LogP contribution in [0.15, 0.2) is 0 Å². The van der Waals surface area contributed by atoms with Crippen LogP contribution in [0, 0.1) is 0 Å². The van der Waals surface area contributed by atoms with Crippen molar-refractivity contribution in [1.82, 2.24) is 16.0 Å². The number of carboxylic acids is 2. The number of amides is 4. The number of carbonyl (C=O) groups is 6. The summed E-state index contributed by atoms with van der Waals surface area (Å²) < 4.78 is 0. The summed E-state index contributed by atoms with van der Waals surface area (Å²) in [6.07, 6.45) is -1.52. The topological polar surface area (TPSA) is 231 Å². The van der Waals surface area contributed by atoms with E-state index in [0.29, 0.717) is 0 Å². The summed E-state index contributed by atoms with van der Waals surface area (Å²) in [6.45, 7) is -0.782. The fourth-order valence-corrected chi connectivity index (χ4v) is 1.88. The number of carbonyl (C=O) groups excluding carboxylic acids is 4. The molecule has 0 aromatic heterocycles. The molecular weight excluding hydrogens is 386 g/mol. The van der Waals surface area contributed by atoms with Crippen molar-refractivity contribution in [3.63, 3.8) is 0 Å². The molecule has 0 aliphatic heterocycles. The van der Waals surface area contributed by atoms with Crippen LogP contribution in [0.2, 0.25) is 0 Å². The Morgan fingerprint density at radius 1 is 0.852 bits per heavy atom. The molecule has 0 aromatic rings. The smallest absolute Gasteiger partial charge is 0.322 e. The summed E-state index contributed by atoms with van der Waals surface area (Å²) in [6, 6.07) is -4.29. The minimum Gasteiger partial charge on any atom is -0.481 e. The van der Waals surface area contributed by atoms with Crippen molar-refractivity contribution in [1.29, 1.82) is 0 Å². The van der Waals surface area contributed by atoms with Gasteiger partial charge in [0, 0.05) is 5.75 Å². The van der Waals surface area contributed by atoms with E-state index in [4.69, 9.17) is 21.7 Å². The second kappa shape index (κ2) is 11.7. The largest absolute Gasteiger partial charge is 0.481 e. The minimum atomic E-state index is -1.61. The Bertz CT molecular complexity index is 614. The average Bonchev–Trinajstić information content (AvgIpc) is 2.56. The number of hydrogen-bond donors (Lipinski definition) is 8. The zero-order valence-corrected chi connectivity index (χ0v) is 14.9. The Morgan fingerprint density at radius 3 is 1.81 bits per heavy atom. The molecule has 152 valence electrons. The lowest BCUT2D eigenvalue weighted by molar-refractivity contribution is -0.142. The maximum atomic E-state index is 12.3. The fraction of sp³-hybridized carbons (Fsp3) is 0.538. The van der Waals surface area contributed by atoms with E-state index >= 15 is 0 Å². The van der Waals surface area contributed by atoms with Gasteiger partial charge >= 0.3 is 11.9 Å². The molecule has 0 heterocycles. The van der Waals surface area contributed by atoms with Crippen LogP contribution in [0.3, 0.4) is 0 Å². The maximum absolute atomic E-state index is 12.3. The predicted octanol–water partition coefficient (Wildman–Crippen LogP) is -4.24. The maximum Gasteiger partial charge on any atom is 0.322 e. The summed E-state index contributed by atoms with van der Waals surface area (Å²) in [5.74, 6) is -6.85. The van der Waals surface area contributed by atoms with Crippen LogP contribution in [0.1, 0.15) is 12.8 Å². The van der Waals surface area contributed by atoms with Gasteiger partial charge in [-0.2, -0.15) is 12.6 Å². The monoisotopic (exact) mass is 407 g/mol. The molecule has 13 nitrogen and oxygen atoms in total. The van der Waals surface area contributed by atoms with Crippen molar-refractivity contribution in [2.75, 3.05) is 12.3 Å². The molecule has 0 fully saturated rings.